The van der Waals surface area contributed by atoms with Gasteiger partial charge in [0.1, 0.15) is 0 Å². The van der Waals surface area contributed by atoms with E-state index in [0.717, 1.165) is 0 Å². The average Bonchev–Trinajstić information content (AvgIpc) is 2.16. The summed E-state index contributed by atoms with van der Waals surface area (Å²) in [6.45, 7) is 6.19. The Morgan fingerprint density at radius 3 is 2.56 bits per heavy atom. The van der Waals surface area contributed by atoms with E-state index >= 15 is 0 Å². The SMILES string of the molecule is CC(C)(C)CC(O)c1ccccc1N=[N+]=[N-]. The van der Waals surface area contributed by atoms with E-state index in [9.17, 15) is 5.11 Å². The van der Waals surface area contributed by atoms with Crippen molar-refractivity contribution in [3.05, 3.63) is 40.3 Å². The summed E-state index contributed by atoms with van der Waals surface area (Å²) in [5.41, 5.74) is 9.66. The van der Waals surface area contributed by atoms with Crippen molar-refractivity contribution in [1.82, 2.24) is 0 Å². The summed E-state index contributed by atoms with van der Waals surface area (Å²) in [6, 6.07) is 7.12. The molecule has 86 valence electrons. The van der Waals surface area contributed by atoms with Crippen molar-refractivity contribution in [1.29, 1.82) is 0 Å². The number of benzene rings is 1. The molecule has 0 bridgehead atoms. The highest BCUT2D eigenvalue weighted by Gasteiger charge is 2.19. The maximum Gasteiger partial charge on any atom is 0.0799 e. The van der Waals surface area contributed by atoms with Crippen LogP contribution in [0.4, 0.5) is 5.69 Å². The molecule has 0 saturated carbocycles. The minimum absolute atomic E-state index is 0.0306. The Labute approximate surface area is 95.5 Å². The molecule has 0 heterocycles. The molecule has 1 atom stereocenters. The van der Waals surface area contributed by atoms with Crippen molar-refractivity contribution in [3.8, 4) is 0 Å². The maximum atomic E-state index is 10.1. The van der Waals surface area contributed by atoms with Crippen molar-refractivity contribution < 1.29 is 5.11 Å². The van der Waals surface area contributed by atoms with E-state index in [1.54, 1.807) is 18.2 Å². The van der Waals surface area contributed by atoms with Gasteiger partial charge in [0.15, 0.2) is 0 Å². The summed E-state index contributed by atoms with van der Waals surface area (Å²) in [4.78, 5) is 2.76. The lowest BCUT2D eigenvalue weighted by Crippen LogP contribution is -2.11. The normalized spacial score (nSPS) is 13.0. The molecule has 0 amide bonds. The lowest BCUT2D eigenvalue weighted by atomic mass is 9.86. The van der Waals surface area contributed by atoms with Gasteiger partial charge in [-0.3, -0.25) is 0 Å². The summed E-state index contributed by atoms with van der Waals surface area (Å²) in [5.74, 6) is 0. The lowest BCUT2D eigenvalue weighted by molar-refractivity contribution is 0.123. The van der Waals surface area contributed by atoms with E-state index in [2.05, 4.69) is 30.8 Å². The molecule has 4 heteroatoms. The van der Waals surface area contributed by atoms with Gasteiger partial charge in [0.2, 0.25) is 0 Å². The minimum Gasteiger partial charge on any atom is -0.388 e. The molecule has 1 aromatic rings. The molecule has 1 rings (SSSR count). The van der Waals surface area contributed by atoms with Crippen LogP contribution in [0, 0.1) is 5.41 Å². The minimum atomic E-state index is -0.596. The Kier molecular flexibility index (Phi) is 3.93. The number of nitrogens with zero attached hydrogens (tertiary/aromatic N) is 3. The third-order valence-electron chi connectivity index (χ3n) is 2.25. The third kappa shape index (κ3) is 3.57. The van der Waals surface area contributed by atoms with Gasteiger partial charge in [0.05, 0.1) is 6.10 Å². The molecule has 0 fully saturated rings. The zero-order valence-corrected chi connectivity index (χ0v) is 9.88. The van der Waals surface area contributed by atoms with Crippen molar-refractivity contribution >= 4 is 5.69 Å². The van der Waals surface area contributed by atoms with Crippen molar-refractivity contribution in [2.75, 3.05) is 0 Å². The van der Waals surface area contributed by atoms with Crippen LogP contribution < -0.4 is 0 Å². The van der Waals surface area contributed by atoms with E-state index in [-0.39, 0.29) is 5.41 Å². The molecule has 1 aromatic carbocycles. The number of aliphatic hydroxyl groups is 1. The van der Waals surface area contributed by atoms with Gasteiger partial charge in [-0.15, -0.1) is 0 Å². The Balaban J connectivity index is 2.98. The van der Waals surface area contributed by atoms with Crippen LogP contribution in [-0.4, -0.2) is 5.11 Å². The first-order chi connectivity index (χ1) is 7.44. The van der Waals surface area contributed by atoms with Gasteiger partial charge in [0, 0.05) is 10.6 Å². The second kappa shape index (κ2) is 5.01. The Morgan fingerprint density at radius 2 is 2.00 bits per heavy atom. The fourth-order valence-corrected chi connectivity index (χ4v) is 1.60. The summed E-state index contributed by atoms with van der Waals surface area (Å²) < 4.78 is 0. The summed E-state index contributed by atoms with van der Waals surface area (Å²) in [7, 11) is 0. The molecule has 0 spiro atoms. The van der Waals surface area contributed by atoms with Gasteiger partial charge in [-0.1, -0.05) is 50.2 Å². The molecular formula is C12H17N3O. The highest BCUT2D eigenvalue weighted by Crippen LogP contribution is 2.33. The number of rotatable bonds is 3. The highest BCUT2D eigenvalue weighted by atomic mass is 16.3. The first kappa shape index (κ1) is 12.6. The number of azide groups is 1. The average molecular weight is 219 g/mol. The first-order valence-electron chi connectivity index (χ1n) is 5.26. The second-order valence-corrected chi connectivity index (χ2v) is 5.03. The lowest BCUT2D eigenvalue weighted by Gasteiger charge is -2.23. The molecule has 0 aromatic heterocycles. The van der Waals surface area contributed by atoms with Gasteiger partial charge in [0.25, 0.3) is 0 Å². The smallest absolute Gasteiger partial charge is 0.0799 e. The van der Waals surface area contributed by atoms with Crippen molar-refractivity contribution in [2.45, 2.75) is 33.3 Å². The van der Waals surface area contributed by atoms with E-state index in [4.69, 9.17) is 5.53 Å². The zero-order chi connectivity index (χ0) is 12.2. The fraction of sp³-hybridized carbons (Fsp3) is 0.500. The monoisotopic (exact) mass is 219 g/mol. The van der Waals surface area contributed by atoms with Crippen LogP contribution in [-0.2, 0) is 0 Å². The predicted molar refractivity (Wildman–Crippen MR) is 64.3 cm³/mol. The van der Waals surface area contributed by atoms with Crippen LogP contribution in [0.2, 0.25) is 0 Å². The molecule has 0 saturated heterocycles. The predicted octanol–water partition coefficient (Wildman–Crippen LogP) is 4.10. The van der Waals surface area contributed by atoms with Crippen LogP contribution in [0.3, 0.4) is 0 Å². The molecule has 1 N–H and O–H groups in total. The third-order valence-corrected chi connectivity index (χ3v) is 2.25. The maximum absolute atomic E-state index is 10.1. The van der Waals surface area contributed by atoms with Gasteiger partial charge in [-0.25, -0.2) is 0 Å². The summed E-state index contributed by atoms with van der Waals surface area (Å²) in [6.07, 6.45) is 0.0343. The number of hydrogen-bond donors (Lipinski definition) is 1. The topological polar surface area (TPSA) is 69.0 Å². The van der Waals surface area contributed by atoms with E-state index in [0.29, 0.717) is 17.7 Å². The van der Waals surface area contributed by atoms with Crippen LogP contribution in [0.5, 0.6) is 0 Å². The number of hydrogen-bond acceptors (Lipinski definition) is 2. The Hall–Kier alpha value is -1.51. The molecule has 0 aliphatic rings. The molecule has 4 nitrogen and oxygen atoms in total. The van der Waals surface area contributed by atoms with Gasteiger partial charge in [-0.2, -0.15) is 0 Å². The molecule has 0 aliphatic heterocycles. The highest BCUT2D eigenvalue weighted by molar-refractivity contribution is 5.46. The van der Waals surface area contributed by atoms with Crippen molar-refractivity contribution in [3.63, 3.8) is 0 Å². The van der Waals surface area contributed by atoms with Gasteiger partial charge >= 0.3 is 0 Å². The zero-order valence-electron chi connectivity index (χ0n) is 9.88. The second-order valence-electron chi connectivity index (χ2n) is 5.03. The fourth-order valence-electron chi connectivity index (χ4n) is 1.60. The first-order valence-corrected chi connectivity index (χ1v) is 5.26. The van der Waals surface area contributed by atoms with Gasteiger partial charge < -0.3 is 5.11 Å². The Morgan fingerprint density at radius 1 is 1.38 bits per heavy atom. The van der Waals surface area contributed by atoms with E-state index in [1.807, 2.05) is 6.07 Å². The molecule has 0 aliphatic carbocycles. The molecule has 1 unspecified atom stereocenters. The van der Waals surface area contributed by atoms with Crippen LogP contribution in [0.25, 0.3) is 10.4 Å². The number of aliphatic hydroxyl groups excluding tert-OH is 1. The van der Waals surface area contributed by atoms with Crippen LogP contribution >= 0.6 is 0 Å². The molecule has 16 heavy (non-hydrogen) atoms. The summed E-state index contributed by atoms with van der Waals surface area (Å²) in [5, 5.41) is 13.7. The Bertz CT molecular complexity index is 403. The van der Waals surface area contributed by atoms with E-state index < -0.39 is 6.10 Å². The van der Waals surface area contributed by atoms with Crippen LogP contribution in [0.1, 0.15) is 38.9 Å². The standard InChI is InChI=1S/C12H17N3O/c1-12(2,3)8-11(16)9-6-4-5-7-10(9)14-15-13/h4-7,11,16H,8H2,1-3H3. The quantitative estimate of drug-likeness (QED) is 0.464. The van der Waals surface area contributed by atoms with Gasteiger partial charge in [-0.05, 0) is 22.9 Å². The van der Waals surface area contributed by atoms with Crippen LogP contribution in [0.15, 0.2) is 29.4 Å². The van der Waals surface area contributed by atoms with E-state index in [1.165, 1.54) is 0 Å². The van der Waals surface area contributed by atoms with Crippen molar-refractivity contribution in [2.24, 2.45) is 10.5 Å². The molecule has 0 radical (unpaired) electrons. The largest absolute Gasteiger partial charge is 0.388 e. The molecular weight excluding hydrogens is 202 g/mol. The summed E-state index contributed by atoms with van der Waals surface area (Å²) >= 11 is 0.